The van der Waals surface area contributed by atoms with Gasteiger partial charge in [0.1, 0.15) is 5.56 Å². The molecule has 1 saturated heterocycles. The number of aryl methyl sites for hydroxylation is 1. The second-order valence-corrected chi connectivity index (χ2v) is 7.59. The molecule has 3 N–H and O–H groups in total. The summed E-state index contributed by atoms with van der Waals surface area (Å²) >= 11 is 0. The van der Waals surface area contributed by atoms with E-state index in [0.717, 1.165) is 37.2 Å². The fraction of sp³-hybridized carbons (Fsp3) is 0.381. The number of piperidine rings is 1. The van der Waals surface area contributed by atoms with Gasteiger partial charge in [-0.1, -0.05) is 0 Å². The number of carbonyl (C=O) groups excluding carboxylic acids is 2. The molecule has 0 radical (unpaired) electrons. The fourth-order valence-corrected chi connectivity index (χ4v) is 3.94. The van der Waals surface area contributed by atoms with Crippen molar-refractivity contribution < 1.29 is 9.59 Å². The van der Waals surface area contributed by atoms with Crippen LogP contribution >= 0.6 is 0 Å². The van der Waals surface area contributed by atoms with E-state index >= 15 is 0 Å². The first-order valence-electron chi connectivity index (χ1n) is 9.66. The van der Waals surface area contributed by atoms with Crippen LogP contribution in [-0.2, 0) is 17.8 Å². The number of benzene rings is 1. The van der Waals surface area contributed by atoms with Crippen LogP contribution in [0.5, 0.6) is 0 Å². The number of nitrogens with zero attached hydrogens (tertiary/aromatic N) is 1. The minimum Gasteiger partial charge on any atom is -0.326 e. The predicted molar refractivity (Wildman–Crippen MR) is 108 cm³/mol. The third-order valence-electron chi connectivity index (χ3n) is 5.44. The molecule has 3 heterocycles. The summed E-state index contributed by atoms with van der Waals surface area (Å²) in [6.45, 7) is 4.30. The van der Waals surface area contributed by atoms with Crippen LogP contribution in [0.4, 0.5) is 11.4 Å². The van der Waals surface area contributed by atoms with E-state index in [1.165, 1.54) is 0 Å². The van der Waals surface area contributed by atoms with Crippen molar-refractivity contribution in [2.45, 2.75) is 32.7 Å². The van der Waals surface area contributed by atoms with Gasteiger partial charge in [0, 0.05) is 24.1 Å². The molecular weight excluding hydrogens is 356 g/mol. The van der Waals surface area contributed by atoms with E-state index < -0.39 is 5.91 Å². The van der Waals surface area contributed by atoms with Crippen molar-refractivity contribution in [1.29, 1.82) is 0 Å². The van der Waals surface area contributed by atoms with Gasteiger partial charge in [0.2, 0.25) is 5.91 Å². The topological polar surface area (TPSA) is 92.2 Å². The number of pyridine rings is 1. The molecule has 0 bridgehead atoms. The summed E-state index contributed by atoms with van der Waals surface area (Å²) in [5, 5.41) is 8.93. The van der Waals surface area contributed by atoms with E-state index in [9.17, 15) is 14.4 Å². The van der Waals surface area contributed by atoms with Crippen LogP contribution in [-0.4, -0.2) is 29.5 Å². The fourth-order valence-electron chi connectivity index (χ4n) is 3.94. The van der Waals surface area contributed by atoms with Gasteiger partial charge in [-0.15, -0.1) is 0 Å². The molecule has 7 nitrogen and oxygen atoms in total. The van der Waals surface area contributed by atoms with Gasteiger partial charge in [0.05, 0.1) is 6.42 Å². The minimum atomic E-state index is -0.421. The van der Waals surface area contributed by atoms with Crippen molar-refractivity contribution in [3.05, 3.63) is 57.5 Å². The summed E-state index contributed by atoms with van der Waals surface area (Å²) in [4.78, 5) is 37.3. The first-order valence-corrected chi connectivity index (χ1v) is 9.66. The van der Waals surface area contributed by atoms with E-state index in [1.807, 2.05) is 6.07 Å². The van der Waals surface area contributed by atoms with E-state index in [4.69, 9.17) is 0 Å². The highest BCUT2D eigenvalue weighted by Crippen LogP contribution is 2.26. The Hall–Kier alpha value is -2.93. The average Bonchev–Trinajstić information content (AvgIpc) is 3.04. The summed E-state index contributed by atoms with van der Waals surface area (Å²) in [7, 11) is 0. The third-order valence-corrected chi connectivity index (χ3v) is 5.44. The molecular formula is C21H24N4O3. The van der Waals surface area contributed by atoms with Gasteiger partial charge in [-0.05, 0) is 74.2 Å². The van der Waals surface area contributed by atoms with Crippen molar-refractivity contribution in [1.82, 2.24) is 9.88 Å². The zero-order chi connectivity index (χ0) is 19.7. The van der Waals surface area contributed by atoms with Gasteiger partial charge < -0.3 is 20.5 Å². The average molecular weight is 380 g/mol. The normalized spacial score (nSPS) is 18.5. The number of amides is 2. The Kier molecular flexibility index (Phi) is 5.00. The van der Waals surface area contributed by atoms with Crippen molar-refractivity contribution >= 4 is 23.2 Å². The zero-order valence-corrected chi connectivity index (χ0v) is 15.9. The summed E-state index contributed by atoms with van der Waals surface area (Å²) in [6.07, 6.45) is 4.26. The molecule has 1 unspecified atom stereocenters. The number of anilines is 2. The van der Waals surface area contributed by atoms with Crippen LogP contribution in [0.2, 0.25) is 0 Å². The summed E-state index contributed by atoms with van der Waals surface area (Å²) in [5.41, 5.74) is 2.74. The lowest BCUT2D eigenvalue weighted by atomic mass is 9.99. The maximum absolute atomic E-state index is 13.0. The van der Waals surface area contributed by atoms with Crippen molar-refractivity contribution in [3.8, 4) is 0 Å². The van der Waals surface area contributed by atoms with Crippen LogP contribution in [0, 0.1) is 12.8 Å². The molecule has 0 spiro atoms. The van der Waals surface area contributed by atoms with Gasteiger partial charge in [-0.2, -0.15) is 0 Å². The molecule has 4 rings (SSSR count). The van der Waals surface area contributed by atoms with Crippen LogP contribution in [0.25, 0.3) is 0 Å². The van der Waals surface area contributed by atoms with Gasteiger partial charge in [-0.3, -0.25) is 14.4 Å². The summed E-state index contributed by atoms with van der Waals surface area (Å²) in [6, 6.07) is 7.09. The molecule has 2 amide bonds. The van der Waals surface area contributed by atoms with E-state index in [-0.39, 0.29) is 17.0 Å². The molecule has 2 aliphatic rings. The summed E-state index contributed by atoms with van der Waals surface area (Å²) < 4.78 is 1.64. The molecule has 146 valence electrons. The van der Waals surface area contributed by atoms with Crippen molar-refractivity contribution in [2.75, 3.05) is 23.7 Å². The molecule has 1 fully saturated rings. The van der Waals surface area contributed by atoms with Crippen molar-refractivity contribution in [2.24, 2.45) is 5.92 Å². The Labute approximate surface area is 163 Å². The highest BCUT2D eigenvalue weighted by atomic mass is 16.2. The number of hydrogen-bond donors (Lipinski definition) is 3. The van der Waals surface area contributed by atoms with E-state index in [1.54, 1.807) is 35.9 Å². The lowest BCUT2D eigenvalue weighted by Gasteiger charge is -2.23. The zero-order valence-electron chi connectivity index (χ0n) is 15.9. The monoisotopic (exact) mass is 380 g/mol. The Morgan fingerprint density at radius 1 is 1.29 bits per heavy atom. The second kappa shape index (κ2) is 7.59. The second-order valence-electron chi connectivity index (χ2n) is 7.59. The lowest BCUT2D eigenvalue weighted by molar-refractivity contribution is -0.115. The maximum Gasteiger partial charge on any atom is 0.263 e. The van der Waals surface area contributed by atoms with Crippen molar-refractivity contribution in [3.63, 3.8) is 0 Å². The van der Waals surface area contributed by atoms with Crippen LogP contribution in [0.3, 0.4) is 0 Å². The predicted octanol–water partition coefficient (Wildman–Crippen LogP) is 1.90. The number of carbonyl (C=O) groups is 2. The number of aromatic nitrogens is 1. The largest absolute Gasteiger partial charge is 0.326 e. The molecule has 0 saturated carbocycles. The smallest absolute Gasteiger partial charge is 0.263 e. The molecule has 1 aromatic heterocycles. The van der Waals surface area contributed by atoms with Gasteiger partial charge in [0.25, 0.3) is 11.5 Å². The third kappa shape index (κ3) is 3.71. The molecule has 2 aliphatic heterocycles. The summed E-state index contributed by atoms with van der Waals surface area (Å²) in [5.74, 6) is -0.0832. The molecule has 2 aromatic rings. The number of hydrogen-bond acceptors (Lipinski definition) is 4. The Morgan fingerprint density at radius 2 is 2.14 bits per heavy atom. The van der Waals surface area contributed by atoms with Crippen LogP contribution in [0.15, 0.2) is 35.3 Å². The molecule has 1 atom stereocenters. The quantitative estimate of drug-likeness (QED) is 0.755. The van der Waals surface area contributed by atoms with Gasteiger partial charge >= 0.3 is 0 Å². The Morgan fingerprint density at radius 3 is 2.93 bits per heavy atom. The number of nitrogens with one attached hydrogen (secondary N) is 3. The highest BCUT2D eigenvalue weighted by Gasteiger charge is 2.21. The highest BCUT2D eigenvalue weighted by molar-refractivity contribution is 6.06. The minimum absolute atomic E-state index is 0.0579. The van der Waals surface area contributed by atoms with Crippen LogP contribution in [0.1, 0.15) is 34.3 Å². The maximum atomic E-state index is 13.0. The first-order chi connectivity index (χ1) is 13.5. The number of rotatable bonds is 4. The van der Waals surface area contributed by atoms with E-state index in [0.29, 0.717) is 30.1 Å². The molecule has 1 aromatic carbocycles. The Bertz CT molecular complexity index is 990. The standard InChI is InChI=1S/C21H24N4O3/c1-13-6-8-25(12-14-3-2-7-22-11-14)21(28)19(13)20(27)23-16-4-5-17-15(9-16)10-18(26)24-17/h4-6,8-9,14,22H,2-3,7,10-12H2,1H3,(H,23,27)(H,24,26). The van der Waals surface area contributed by atoms with Gasteiger partial charge in [0.15, 0.2) is 0 Å². The molecule has 7 heteroatoms. The number of fused-ring (bicyclic) bond motifs is 1. The molecule has 28 heavy (non-hydrogen) atoms. The first kappa shape index (κ1) is 18.4. The Balaban J connectivity index is 1.55. The van der Waals surface area contributed by atoms with E-state index in [2.05, 4.69) is 16.0 Å². The van der Waals surface area contributed by atoms with Crippen LogP contribution < -0.4 is 21.5 Å². The van der Waals surface area contributed by atoms with Gasteiger partial charge in [-0.25, -0.2) is 0 Å². The molecule has 0 aliphatic carbocycles. The SMILES string of the molecule is Cc1ccn(CC2CCCNC2)c(=O)c1C(=O)Nc1ccc2c(c1)CC(=O)N2. The lowest BCUT2D eigenvalue weighted by Crippen LogP contribution is -2.36.